The summed E-state index contributed by atoms with van der Waals surface area (Å²) in [6, 6.07) is 23.9. The topological polar surface area (TPSA) is 43.3 Å². The molecule has 0 unspecified atom stereocenters. The Bertz CT molecular complexity index is 1110. The first-order valence-electron chi connectivity index (χ1n) is 9.21. The number of nitrogens with one attached hydrogen (secondary N) is 1. The van der Waals surface area contributed by atoms with E-state index in [4.69, 9.17) is 4.74 Å². The lowest BCUT2D eigenvalue weighted by Gasteiger charge is -2.08. The van der Waals surface area contributed by atoms with Crippen LogP contribution in [0.1, 0.15) is 15.9 Å². The number of hydrogen-bond donors (Lipinski definition) is 1. The van der Waals surface area contributed by atoms with Crippen molar-refractivity contribution in [2.45, 2.75) is 6.54 Å². The van der Waals surface area contributed by atoms with Gasteiger partial charge in [-0.1, -0.05) is 30.3 Å². The number of amides is 1. The summed E-state index contributed by atoms with van der Waals surface area (Å²) < 4.78 is 7.25. The predicted molar refractivity (Wildman–Crippen MR) is 113 cm³/mol. The summed E-state index contributed by atoms with van der Waals surface area (Å²) in [5, 5.41) is 4.17. The van der Waals surface area contributed by atoms with Crippen molar-refractivity contribution in [3.63, 3.8) is 0 Å². The van der Waals surface area contributed by atoms with E-state index in [-0.39, 0.29) is 5.91 Å². The third-order valence-electron chi connectivity index (χ3n) is 4.98. The van der Waals surface area contributed by atoms with Crippen molar-refractivity contribution < 1.29 is 9.53 Å². The molecule has 4 nitrogen and oxygen atoms in total. The van der Waals surface area contributed by atoms with E-state index in [1.54, 1.807) is 7.11 Å². The molecular weight excluding hydrogens is 348 g/mol. The van der Waals surface area contributed by atoms with Crippen LogP contribution in [0.3, 0.4) is 0 Å². The summed E-state index contributed by atoms with van der Waals surface area (Å²) in [6.45, 7) is 0.481. The number of ether oxygens (including phenoxy) is 1. The maximum Gasteiger partial charge on any atom is 0.251 e. The molecule has 0 aliphatic heterocycles. The number of carbonyl (C=O) groups is 1. The Labute approximate surface area is 164 Å². The van der Waals surface area contributed by atoms with E-state index in [9.17, 15) is 4.79 Å². The number of aromatic nitrogens is 1. The second kappa shape index (κ2) is 7.61. The van der Waals surface area contributed by atoms with Crippen molar-refractivity contribution in [3.8, 4) is 16.9 Å². The lowest BCUT2D eigenvalue weighted by Crippen LogP contribution is -2.22. The van der Waals surface area contributed by atoms with Gasteiger partial charge in [0.15, 0.2) is 0 Å². The monoisotopic (exact) mass is 370 g/mol. The van der Waals surface area contributed by atoms with Gasteiger partial charge in [0.2, 0.25) is 0 Å². The average Bonchev–Trinajstić information content (AvgIpc) is 3.12. The highest BCUT2D eigenvalue weighted by atomic mass is 16.5. The molecular formula is C24H22N2O2. The molecule has 0 saturated heterocycles. The first-order chi connectivity index (χ1) is 13.6. The number of fused-ring (bicyclic) bond motifs is 1. The van der Waals surface area contributed by atoms with Crippen molar-refractivity contribution >= 4 is 16.8 Å². The lowest BCUT2D eigenvalue weighted by atomic mass is 10.0. The number of methoxy groups -OCH3 is 1. The van der Waals surface area contributed by atoms with Gasteiger partial charge in [-0.3, -0.25) is 4.79 Å². The molecule has 1 N–H and O–H groups in total. The van der Waals surface area contributed by atoms with Crippen LogP contribution >= 0.6 is 0 Å². The summed E-state index contributed by atoms with van der Waals surface area (Å²) in [7, 11) is 3.68. The van der Waals surface area contributed by atoms with E-state index >= 15 is 0 Å². The van der Waals surface area contributed by atoms with Crippen LogP contribution in [0.15, 0.2) is 79.0 Å². The zero-order valence-electron chi connectivity index (χ0n) is 16.0. The van der Waals surface area contributed by atoms with Crippen LogP contribution in [-0.2, 0) is 13.6 Å². The predicted octanol–water partition coefficient (Wildman–Crippen LogP) is 4.78. The van der Waals surface area contributed by atoms with Gasteiger partial charge >= 0.3 is 0 Å². The molecule has 0 radical (unpaired) electrons. The SMILES string of the molecule is COc1ccc(CNC(=O)c2ccc(-c3ccc4c(ccn4C)c3)cc2)cc1. The maximum absolute atomic E-state index is 12.4. The fourth-order valence-corrected chi connectivity index (χ4v) is 3.30. The summed E-state index contributed by atoms with van der Waals surface area (Å²) in [4.78, 5) is 12.4. The Morgan fingerprint density at radius 2 is 1.64 bits per heavy atom. The number of rotatable bonds is 5. The highest BCUT2D eigenvalue weighted by molar-refractivity contribution is 5.95. The van der Waals surface area contributed by atoms with Gasteiger partial charge in [-0.15, -0.1) is 0 Å². The van der Waals surface area contributed by atoms with E-state index in [1.807, 2.05) is 55.6 Å². The lowest BCUT2D eigenvalue weighted by molar-refractivity contribution is 0.0951. The smallest absolute Gasteiger partial charge is 0.251 e. The van der Waals surface area contributed by atoms with Crippen LogP contribution in [0.2, 0.25) is 0 Å². The molecule has 1 heterocycles. The number of nitrogens with zero attached hydrogens (tertiary/aromatic N) is 1. The standard InChI is InChI=1S/C24H22N2O2/c1-26-14-13-21-15-20(9-12-23(21)26)18-5-7-19(8-6-18)24(27)25-16-17-3-10-22(28-2)11-4-17/h3-15H,16H2,1-2H3,(H,25,27). The van der Waals surface area contributed by atoms with Crippen LogP contribution in [0.4, 0.5) is 0 Å². The largest absolute Gasteiger partial charge is 0.497 e. The normalized spacial score (nSPS) is 10.8. The van der Waals surface area contributed by atoms with Gasteiger partial charge in [-0.25, -0.2) is 0 Å². The van der Waals surface area contributed by atoms with Gasteiger partial charge in [0.1, 0.15) is 5.75 Å². The Hall–Kier alpha value is -3.53. The number of carbonyl (C=O) groups excluding carboxylic acids is 1. The van der Waals surface area contributed by atoms with Crippen LogP contribution in [0, 0.1) is 0 Å². The molecule has 0 atom stereocenters. The third-order valence-corrected chi connectivity index (χ3v) is 4.98. The van der Waals surface area contributed by atoms with E-state index in [0.717, 1.165) is 22.4 Å². The van der Waals surface area contributed by atoms with Crippen molar-refractivity contribution in [2.75, 3.05) is 7.11 Å². The molecule has 1 amide bonds. The van der Waals surface area contributed by atoms with E-state index in [1.165, 1.54) is 10.9 Å². The molecule has 0 bridgehead atoms. The fourth-order valence-electron chi connectivity index (χ4n) is 3.30. The highest BCUT2D eigenvalue weighted by Crippen LogP contribution is 2.25. The number of aryl methyl sites for hydroxylation is 1. The Balaban J connectivity index is 1.44. The van der Waals surface area contributed by atoms with Crippen molar-refractivity contribution in [2.24, 2.45) is 7.05 Å². The van der Waals surface area contributed by atoms with Crippen molar-refractivity contribution in [1.82, 2.24) is 9.88 Å². The van der Waals surface area contributed by atoms with Crippen LogP contribution < -0.4 is 10.1 Å². The fraction of sp³-hybridized carbons (Fsp3) is 0.125. The number of hydrogen-bond acceptors (Lipinski definition) is 2. The average molecular weight is 370 g/mol. The van der Waals surface area contributed by atoms with E-state index in [2.05, 4.69) is 40.3 Å². The molecule has 4 rings (SSSR count). The molecule has 3 aromatic carbocycles. The highest BCUT2D eigenvalue weighted by Gasteiger charge is 2.07. The zero-order chi connectivity index (χ0) is 19.5. The van der Waals surface area contributed by atoms with Gasteiger partial charge in [0.25, 0.3) is 5.91 Å². The minimum atomic E-state index is -0.0825. The summed E-state index contributed by atoms with van der Waals surface area (Å²) in [6.07, 6.45) is 2.06. The van der Waals surface area contributed by atoms with Gasteiger partial charge in [0, 0.05) is 36.3 Å². The van der Waals surface area contributed by atoms with Gasteiger partial charge in [-0.05, 0) is 59.2 Å². The quantitative estimate of drug-likeness (QED) is 0.549. The molecule has 0 saturated carbocycles. The van der Waals surface area contributed by atoms with Gasteiger partial charge in [0.05, 0.1) is 7.11 Å². The van der Waals surface area contributed by atoms with Crippen molar-refractivity contribution in [3.05, 3.63) is 90.1 Å². The third kappa shape index (κ3) is 3.62. The molecule has 140 valence electrons. The second-order valence-electron chi connectivity index (χ2n) is 6.81. The molecule has 0 aliphatic rings. The van der Waals surface area contributed by atoms with Crippen LogP contribution in [0.5, 0.6) is 5.75 Å². The van der Waals surface area contributed by atoms with Gasteiger partial charge < -0.3 is 14.6 Å². The summed E-state index contributed by atoms with van der Waals surface area (Å²) in [5.74, 6) is 0.722. The molecule has 0 fully saturated rings. The van der Waals surface area contributed by atoms with E-state index < -0.39 is 0 Å². The Kier molecular flexibility index (Phi) is 4.85. The van der Waals surface area contributed by atoms with Gasteiger partial charge in [-0.2, -0.15) is 0 Å². The molecule has 0 spiro atoms. The minimum absolute atomic E-state index is 0.0825. The molecule has 4 heteroatoms. The summed E-state index contributed by atoms with van der Waals surface area (Å²) >= 11 is 0. The molecule has 0 aliphatic carbocycles. The minimum Gasteiger partial charge on any atom is -0.497 e. The maximum atomic E-state index is 12.4. The Morgan fingerprint density at radius 1 is 0.929 bits per heavy atom. The number of benzene rings is 3. The van der Waals surface area contributed by atoms with Crippen LogP contribution in [-0.4, -0.2) is 17.6 Å². The first-order valence-corrected chi connectivity index (χ1v) is 9.21. The molecule has 4 aromatic rings. The zero-order valence-corrected chi connectivity index (χ0v) is 16.0. The first kappa shape index (κ1) is 17.9. The van der Waals surface area contributed by atoms with Crippen molar-refractivity contribution in [1.29, 1.82) is 0 Å². The summed E-state index contributed by atoms with van der Waals surface area (Å²) in [5.41, 5.74) is 5.12. The second-order valence-corrected chi connectivity index (χ2v) is 6.81. The molecule has 28 heavy (non-hydrogen) atoms. The van der Waals surface area contributed by atoms with E-state index in [0.29, 0.717) is 12.1 Å². The molecule has 1 aromatic heterocycles. The van der Waals surface area contributed by atoms with Crippen LogP contribution in [0.25, 0.3) is 22.0 Å². The Morgan fingerprint density at radius 3 is 2.36 bits per heavy atom.